The van der Waals surface area contributed by atoms with E-state index in [0.29, 0.717) is 41.4 Å². The van der Waals surface area contributed by atoms with E-state index in [-0.39, 0.29) is 17.4 Å². The summed E-state index contributed by atoms with van der Waals surface area (Å²) in [6.07, 6.45) is 5.87. The lowest BCUT2D eigenvalue weighted by atomic mass is 9.95. The molecule has 0 saturated carbocycles. The van der Waals surface area contributed by atoms with E-state index in [1.807, 2.05) is 24.6 Å². The van der Waals surface area contributed by atoms with E-state index in [9.17, 15) is 14.7 Å². The highest BCUT2D eigenvalue weighted by molar-refractivity contribution is 6.46. The van der Waals surface area contributed by atoms with Crippen molar-refractivity contribution in [1.29, 1.82) is 0 Å². The van der Waals surface area contributed by atoms with Crippen molar-refractivity contribution in [3.05, 3.63) is 89.0 Å². The van der Waals surface area contributed by atoms with E-state index in [1.54, 1.807) is 61.1 Å². The first-order valence-electron chi connectivity index (χ1n) is 11.1. The van der Waals surface area contributed by atoms with E-state index < -0.39 is 17.7 Å². The lowest BCUT2D eigenvalue weighted by Crippen LogP contribution is -2.31. The number of imidazole rings is 1. The van der Waals surface area contributed by atoms with Gasteiger partial charge in [0.1, 0.15) is 11.5 Å². The van der Waals surface area contributed by atoms with Gasteiger partial charge in [-0.2, -0.15) is 0 Å². The van der Waals surface area contributed by atoms with Crippen LogP contribution in [0.2, 0.25) is 5.02 Å². The molecule has 3 aromatic rings. The summed E-state index contributed by atoms with van der Waals surface area (Å²) in [6.45, 7) is 4.84. The van der Waals surface area contributed by atoms with Crippen LogP contribution in [0.4, 0.5) is 0 Å². The number of ether oxygens (including phenoxy) is 1. The van der Waals surface area contributed by atoms with Crippen molar-refractivity contribution >= 4 is 29.1 Å². The zero-order chi connectivity index (χ0) is 24.2. The highest BCUT2D eigenvalue weighted by Crippen LogP contribution is 2.40. The van der Waals surface area contributed by atoms with E-state index in [0.717, 1.165) is 0 Å². The topological polar surface area (TPSA) is 84.7 Å². The largest absolute Gasteiger partial charge is 0.507 e. The van der Waals surface area contributed by atoms with Gasteiger partial charge < -0.3 is 19.3 Å². The molecule has 1 N–H and O–H groups in total. The van der Waals surface area contributed by atoms with Crippen LogP contribution in [0, 0.1) is 0 Å². The molecular formula is C26H26ClN3O4. The van der Waals surface area contributed by atoms with Crippen molar-refractivity contribution in [2.75, 3.05) is 6.54 Å². The normalized spacial score (nSPS) is 17.5. The molecule has 2 aromatic carbocycles. The Balaban J connectivity index is 1.69. The van der Waals surface area contributed by atoms with Gasteiger partial charge in [0.15, 0.2) is 0 Å². The van der Waals surface area contributed by atoms with Gasteiger partial charge in [-0.15, -0.1) is 0 Å². The van der Waals surface area contributed by atoms with E-state index in [2.05, 4.69) is 4.98 Å². The molecule has 1 aromatic heterocycles. The molecule has 7 nitrogen and oxygen atoms in total. The monoisotopic (exact) mass is 479 g/mol. The zero-order valence-electron chi connectivity index (χ0n) is 19.0. The summed E-state index contributed by atoms with van der Waals surface area (Å²) in [6, 6.07) is 13.1. The molecule has 0 radical (unpaired) electrons. The molecule has 0 spiro atoms. The smallest absolute Gasteiger partial charge is 0.295 e. The Morgan fingerprint density at radius 2 is 1.79 bits per heavy atom. The van der Waals surface area contributed by atoms with Crippen molar-refractivity contribution in [2.24, 2.45) is 0 Å². The Bertz CT molecular complexity index is 1190. The van der Waals surface area contributed by atoms with Gasteiger partial charge in [0.2, 0.25) is 0 Å². The number of likely N-dealkylation sites (tertiary alicyclic amines) is 1. The van der Waals surface area contributed by atoms with Crippen molar-refractivity contribution < 1.29 is 19.4 Å². The maximum Gasteiger partial charge on any atom is 0.295 e. The SMILES string of the molecule is CC(C)Oc1ccc(/C(O)=C2/C(=O)C(=O)N(CCCn3ccnc3)C2c2ccc(Cl)cc2)cc1. The number of aryl methyl sites for hydroxylation is 1. The number of aliphatic hydroxyl groups excluding tert-OH is 1. The van der Waals surface area contributed by atoms with Crippen LogP contribution in [0.3, 0.4) is 0 Å². The minimum absolute atomic E-state index is 0.0111. The van der Waals surface area contributed by atoms with Crippen LogP contribution >= 0.6 is 11.6 Å². The van der Waals surface area contributed by atoms with Gasteiger partial charge in [-0.1, -0.05) is 23.7 Å². The quantitative estimate of drug-likeness (QED) is 0.284. The molecule has 0 aliphatic carbocycles. The Kier molecular flexibility index (Phi) is 7.03. The molecule has 1 saturated heterocycles. The number of hydrogen-bond donors (Lipinski definition) is 1. The van der Waals surface area contributed by atoms with Crippen molar-refractivity contribution in [3.63, 3.8) is 0 Å². The molecular weight excluding hydrogens is 454 g/mol. The molecule has 1 aliphatic heterocycles. The molecule has 0 bridgehead atoms. The number of hydrogen-bond acceptors (Lipinski definition) is 5. The number of nitrogens with zero attached hydrogens (tertiary/aromatic N) is 3. The number of Topliss-reactive ketones (excluding diaryl/α,β-unsaturated/α-hetero) is 1. The molecule has 34 heavy (non-hydrogen) atoms. The van der Waals surface area contributed by atoms with Crippen molar-refractivity contribution in [1.82, 2.24) is 14.5 Å². The number of rotatable bonds is 8. The van der Waals surface area contributed by atoms with Gasteiger partial charge in [0.25, 0.3) is 11.7 Å². The van der Waals surface area contributed by atoms with Gasteiger partial charge in [-0.05, 0) is 62.2 Å². The number of halogens is 1. The predicted octanol–water partition coefficient (Wildman–Crippen LogP) is 4.84. The second-order valence-corrected chi connectivity index (χ2v) is 8.83. The molecule has 8 heteroatoms. The highest BCUT2D eigenvalue weighted by Gasteiger charge is 2.45. The van der Waals surface area contributed by atoms with Gasteiger partial charge in [-0.25, -0.2) is 4.98 Å². The zero-order valence-corrected chi connectivity index (χ0v) is 19.8. The maximum absolute atomic E-state index is 13.1. The summed E-state index contributed by atoms with van der Waals surface area (Å²) >= 11 is 6.07. The van der Waals surface area contributed by atoms with Crippen LogP contribution < -0.4 is 4.74 Å². The second kappa shape index (κ2) is 10.1. The minimum Gasteiger partial charge on any atom is -0.507 e. The first-order chi connectivity index (χ1) is 16.3. The fourth-order valence-electron chi connectivity index (χ4n) is 4.06. The number of aromatic nitrogens is 2. The number of carbonyl (C=O) groups excluding carboxylic acids is 2. The summed E-state index contributed by atoms with van der Waals surface area (Å²) < 4.78 is 7.57. The Morgan fingerprint density at radius 3 is 2.41 bits per heavy atom. The molecule has 2 heterocycles. The summed E-state index contributed by atoms with van der Waals surface area (Å²) in [5.41, 5.74) is 1.20. The van der Waals surface area contributed by atoms with Crippen LogP contribution in [0.15, 0.2) is 72.8 Å². The van der Waals surface area contributed by atoms with Crippen molar-refractivity contribution in [2.45, 2.75) is 39.0 Å². The maximum atomic E-state index is 13.1. The van der Waals surface area contributed by atoms with E-state index in [1.165, 1.54) is 4.90 Å². The van der Waals surface area contributed by atoms with Crippen LogP contribution in [0.25, 0.3) is 5.76 Å². The van der Waals surface area contributed by atoms with Gasteiger partial charge >= 0.3 is 0 Å². The summed E-state index contributed by atoms with van der Waals surface area (Å²) in [7, 11) is 0. The summed E-state index contributed by atoms with van der Waals surface area (Å²) in [4.78, 5) is 31.7. The fraction of sp³-hybridized carbons (Fsp3) is 0.269. The first-order valence-corrected chi connectivity index (χ1v) is 11.5. The molecule has 1 atom stereocenters. The third-order valence-corrected chi connectivity index (χ3v) is 5.85. The number of ketones is 1. The number of carbonyl (C=O) groups is 2. The van der Waals surface area contributed by atoms with E-state index >= 15 is 0 Å². The number of aliphatic hydroxyl groups is 1. The molecule has 176 valence electrons. The lowest BCUT2D eigenvalue weighted by Gasteiger charge is -2.25. The standard InChI is InChI=1S/C26H26ClN3O4/c1-17(2)34-21-10-6-19(7-11-21)24(31)22-23(18-4-8-20(27)9-5-18)30(26(33)25(22)32)14-3-13-29-15-12-28-16-29/h4-12,15-17,23,31H,3,13-14H2,1-2H3/b24-22-. The molecule has 4 rings (SSSR count). The van der Waals surface area contributed by atoms with Gasteiger partial charge in [0, 0.05) is 36.1 Å². The van der Waals surface area contributed by atoms with Crippen LogP contribution in [0.1, 0.15) is 37.4 Å². The first kappa shape index (κ1) is 23.6. The fourth-order valence-corrected chi connectivity index (χ4v) is 4.19. The predicted molar refractivity (Wildman–Crippen MR) is 130 cm³/mol. The highest BCUT2D eigenvalue weighted by atomic mass is 35.5. The van der Waals surface area contributed by atoms with Crippen LogP contribution in [0.5, 0.6) is 5.75 Å². The van der Waals surface area contributed by atoms with E-state index in [4.69, 9.17) is 16.3 Å². The van der Waals surface area contributed by atoms with Gasteiger partial charge in [0.05, 0.1) is 24.0 Å². The van der Waals surface area contributed by atoms with Gasteiger partial charge in [-0.3, -0.25) is 9.59 Å². The third kappa shape index (κ3) is 4.99. The van der Waals surface area contributed by atoms with Crippen LogP contribution in [-0.4, -0.2) is 43.9 Å². The Hall–Kier alpha value is -3.58. The van der Waals surface area contributed by atoms with Crippen molar-refractivity contribution in [3.8, 4) is 5.75 Å². The minimum atomic E-state index is -0.716. The summed E-state index contributed by atoms with van der Waals surface area (Å²) in [5, 5.41) is 11.7. The number of benzene rings is 2. The Morgan fingerprint density at radius 1 is 1.09 bits per heavy atom. The average molecular weight is 480 g/mol. The number of amides is 1. The molecule has 1 aliphatic rings. The second-order valence-electron chi connectivity index (χ2n) is 8.39. The third-order valence-electron chi connectivity index (χ3n) is 5.60. The van der Waals surface area contributed by atoms with Crippen LogP contribution in [-0.2, 0) is 16.1 Å². The molecule has 1 amide bonds. The average Bonchev–Trinajstić information content (AvgIpc) is 3.42. The molecule has 1 unspecified atom stereocenters. The Labute approximate surface area is 203 Å². The summed E-state index contributed by atoms with van der Waals surface area (Å²) in [5.74, 6) is -0.901. The lowest BCUT2D eigenvalue weighted by molar-refractivity contribution is -0.139. The molecule has 1 fully saturated rings.